The number of hydrogen-bond acceptors (Lipinski definition) is 7. The third kappa shape index (κ3) is 6.31. The molecular weight excluding hydrogens is 386 g/mol. The number of alkyl carbamates (subject to hydrolysis) is 1. The average Bonchev–Trinajstić information content (AvgIpc) is 2.93. The minimum Gasteiger partial charge on any atom is -0.467 e. The van der Waals surface area contributed by atoms with Crippen LogP contribution in [0.4, 0.5) is 4.79 Å². The van der Waals surface area contributed by atoms with Crippen LogP contribution in [-0.2, 0) is 24.3 Å². The molecule has 1 unspecified atom stereocenters. The topological polar surface area (TPSA) is 114 Å². The predicted octanol–water partition coefficient (Wildman–Crippen LogP) is 0.847. The van der Waals surface area contributed by atoms with Crippen molar-refractivity contribution in [1.29, 1.82) is 0 Å². The number of nitrogens with one attached hydrogen (secondary N) is 2. The molecule has 2 atom stereocenters. The summed E-state index contributed by atoms with van der Waals surface area (Å²) in [5, 5.41) is 6.15. The first-order chi connectivity index (χ1) is 12.8. The lowest BCUT2D eigenvalue weighted by Crippen LogP contribution is -2.51. The van der Waals surface area contributed by atoms with Gasteiger partial charge in [-0.1, -0.05) is 0 Å². The minimum absolute atomic E-state index is 0.113. The Labute approximate surface area is 167 Å². The van der Waals surface area contributed by atoms with Gasteiger partial charge in [0.05, 0.1) is 13.4 Å². The SMILES string of the molecule is COC(=O)[C@H](CC1CNC2(CCN(S(C)(=O)=O)CC2)C1)NC(=O)OC(C)(C)C. The standard InChI is InChI=1S/C18H33N3O6S/c1-17(2,3)27-16(23)20-14(15(22)26-4)10-13-11-18(19-12-13)6-8-21(9-7-18)28(5,24)25/h13-14,19H,6-12H2,1-5H3,(H,20,23)/t13?,14-/m0/s1. The molecule has 2 N–H and O–H groups in total. The van der Waals surface area contributed by atoms with E-state index in [1.54, 1.807) is 20.8 Å². The van der Waals surface area contributed by atoms with E-state index in [-0.39, 0.29) is 11.5 Å². The molecule has 10 heteroatoms. The van der Waals surface area contributed by atoms with Gasteiger partial charge in [-0.3, -0.25) is 0 Å². The zero-order chi connectivity index (χ0) is 21.2. The summed E-state index contributed by atoms with van der Waals surface area (Å²) in [4.78, 5) is 24.2. The van der Waals surface area contributed by atoms with Crippen LogP contribution in [0.3, 0.4) is 0 Å². The van der Waals surface area contributed by atoms with Crippen molar-refractivity contribution in [3.05, 3.63) is 0 Å². The average molecular weight is 420 g/mol. The van der Waals surface area contributed by atoms with Gasteiger partial charge in [0.2, 0.25) is 10.0 Å². The first kappa shape index (κ1) is 22.9. The van der Waals surface area contributed by atoms with Gasteiger partial charge in [0.15, 0.2) is 0 Å². The highest BCUT2D eigenvalue weighted by Crippen LogP contribution is 2.36. The highest BCUT2D eigenvalue weighted by atomic mass is 32.2. The maximum absolute atomic E-state index is 12.1. The van der Waals surface area contributed by atoms with E-state index < -0.39 is 33.7 Å². The second-order valence-electron chi connectivity index (χ2n) is 8.85. The fraction of sp³-hybridized carbons (Fsp3) is 0.889. The summed E-state index contributed by atoms with van der Waals surface area (Å²) in [5.74, 6) is -0.331. The van der Waals surface area contributed by atoms with E-state index in [9.17, 15) is 18.0 Å². The number of carbonyl (C=O) groups is 2. The fourth-order valence-electron chi connectivity index (χ4n) is 3.99. The van der Waals surface area contributed by atoms with Crippen LogP contribution >= 0.6 is 0 Å². The van der Waals surface area contributed by atoms with Crippen molar-refractivity contribution in [2.45, 2.75) is 63.6 Å². The normalized spacial score (nSPS) is 24.0. The van der Waals surface area contributed by atoms with E-state index in [1.807, 2.05) is 0 Å². The number of esters is 1. The third-order valence-corrected chi connectivity index (χ3v) is 6.64. The smallest absolute Gasteiger partial charge is 0.408 e. The second-order valence-corrected chi connectivity index (χ2v) is 10.8. The predicted molar refractivity (Wildman–Crippen MR) is 104 cm³/mol. The molecule has 0 aromatic rings. The van der Waals surface area contributed by atoms with E-state index in [0.29, 0.717) is 26.1 Å². The molecule has 1 amide bonds. The van der Waals surface area contributed by atoms with Gasteiger partial charge >= 0.3 is 12.1 Å². The molecule has 0 aliphatic carbocycles. The van der Waals surface area contributed by atoms with Crippen molar-refractivity contribution < 1.29 is 27.5 Å². The first-order valence-electron chi connectivity index (χ1n) is 9.61. The number of amides is 1. The van der Waals surface area contributed by atoms with Crippen molar-refractivity contribution in [3.8, 4) is 0 Å². The molecule has 2 rings (SSSR count). The van der Waals surface area contributed by atoms with E-state index in [0.717, 1.165) is 19.3 Å². The number of carbonyl (C=O) groups excluding carboxylic acids is 2. The fourth-order valence-corrected chi connectivity index (χ4v) is 4.84. The van der Waals surface area contributed by atoms with Crippen molar-refractivity contribution in [2.24, 2.45) is 5.92 Å². The van der Waals surface area contributed by atoms with Crippen molar-refractivity contribution >= 4 is 22.1 Å². The van der Waals surface area contributed by atoms with Crippen LogP contribution in [0, 0.1) is 5.92 Å². The first-order valence-corrected chi connectivity index (χ1v) is 11.5. The van der Waals surface area contributed by atoms with Gasteiger partial charge in [-0.2, -0.15) is 0 Å². The monoisotopic (exact) mass is 419 g/mol. The lowest BCUT2D eigenvalue weighted by Gasteiger charge is -2.38. The van der Waals surface area contributed by atoms with E-state index in [1.165, 1.54) is 17.7 Å². The summed E-state index contributed by atoms with van der Waals surface area (Å²) in [6, 6.07) is -0.780. The Hall–Kier alpha value is -1.39. The molecule has 2 aliphatic heterocycles. The highest BCUT2D eigenvalue weighted by Gasteiger charge is 2.43. The summed E-state index contributed by atoms with van der Waals surface area (Å²) in [5.41, 5.74) is -0.768. The van der Waals surface area contributed by atoms with Gasteiger partial charge in [-0.25, -0.2) is 22.3 Å². The van der Waals surface area contributed by atoms with Crippen LogP contribution in [0.2, 0.25) is 0 Å². The number of sulfonamides is 1. The molecule has 0 saturated carbocycles. The van der Waals surface area contributed by atoms with Crippen LogP contribution in [0.5, 0.6) is 0 Å². The number of rotatable bonds is 5. The maximum atomic E-state index is 12.1. The summed E-state index contributed by atoms with van der Waals surface area (Å²) < 4.78 is 35.0. The van der Waals surface area contributed by atoms with Gasteiger partial charge in [-0.05, 0) is 58.9 Å². The molecule has 2 heterocycles. The molecule has 0 aromatic carbocycles. The number of hydrogen-bond donors (Lipinski definition) is 2. The number of ether oxygens (including phenoxy) is 2. The Morgan fingerprint density at radius 2 is 1.89 bits per heavy atom. The van der Waals surface area contributed by atoms with Gasteiger partial charge < -0.3 is 20.1 Å². The van der Waals surface area contributed by atoms with Crippen molar-refractivity contribution in [2.75, 3.05) is 33.0 Å². The molecule has 0 radical (unpaired) electrons. The van der Waals surface area contributed by atoms with Crippen LogP contribution in [0.25, 0.3) is 0 Å². The van der Waals surface area contributed by atoms with Crippen LogP contribution < -0.4 is 10.6 Å². The second kappa shape index (κ2) is 8.54. The van der Waals surface area contributed by atoms with E-state index >= 15 is 0 Å². The summed E-state index contributed by atoms with van der Waals surface area (Å²) >= 11 is 0. The molecule has 1 spiro atoms. The maximum Gasteiger partial charge on any atom is 0.408 e. The number of piperidine rings is 1. The van der Waals surface area contributed by atoms with Crippen molar-refractivity contribution in [1.82, 2.24) is 14.9 Å². The van der Waals surface area contributed by atoms with Crippen molar-refractivity contribution in [3.63, 3.8) is 0 Å². The van der Waals surface area contributed by atoms with E-state index in [4.69, 9.17) is 9.47 Å². The van der Waals surface area contributed by atoms with Crippen LogP contribution in [0.1, 0.15) is 46.5 Å². The minimum atomic E-state index is -3.16. The van der Waals surface area contributed by atoms with Gasteiger partial charge in [-0.15, -0.1) is 0 Å². The Kier molecular flexibility index (Phi) is 6.99. The van der Waals surface area contributed by atoms with Gasteiger partial charge in [0.25, 0.3) is 0 Å². The zero-order valence-electron chi connectivity index (χ0n) is 17.4. The summed E-state index contributed by atoms with van der Waals surface area (Å²) in [7, 11) is -1.87. The Bertz CT molecular complexity index is 680. The molecule has 28 heavy (non-hydrogen) atoms. The molecule has 162 valence electrons. The Morgan fingerprint density at radius 3 is 2.39 bits per heavy atom. The number of nitrogens with zero attached hydrogens (tertiary/aromatic N) is 1. The lowest BCUT2D eigenvalue weighted by atomic mass is 9.83. The molecule has 2 saturated heterocycles. The largest absolute Gasteiger partial charge is 0.467 e. The molecule has 0 bridgehead atoms. The van der Waals surface area contributed by atoms with Crippen LogP contribution in [-0.4, -0.2) is 75.0 Å². The Balaban J connectivity index is 1.94. The van der Waals surface area contributed by atoms with Crippen LogP contribution in [0.15, 0.2) is 0 Å². The third-order valence-electron chi connectivity index (χ3n) is 5.34. The zero-order valence-corrected chi connectivity index (χ0v) is 18.2. The molecular formula is C18H33N3O6S. The van der Waals surface area contributed by atoms with Gasteiger partial charge in [0.1, 0.15) is 11.6 Å². The molecule has 2 aliphatic rings. The quantitative estimate of drug-likeness (QED) is 0.635. The molecule has 9 nitrogen and oxygen atoms in total. The lowest BCUT2D eigenvalue weighted by molar-refractivity contribution is -0.143. The summed E-state index contributed by atoms with van der Waals surface area (Å²) in [6.45, 7) is 6.97. The molecule has 2 fully saturated rings. The Morgan fingerprint density at radius 1 is 1.29 bits per heavy atom. The molecule has 0 aromatic heterocycles. The van der Waals surface area contributed by atoms with E-state index in [2.05, 4.69) is 10.6 Å². The highest BCUT2D eigenvalue weighted by molar-refractivity contribution is 7.88. The summed E-state index contributed by atoms with van der Waals surface area (Å²) in [6.07, 6.45) is 3.33. The van der Waals surface area contributed by atoms with Gasteiger partial charge in [0, 0.05) is 18.6 Å². The number of methoxy groups -OCH3 is 1.